The first-order valence-electron chi connectivity index (χ1n) is 6.44. The Hall–Kier alpha value is -0.140. The zero-order chi connectivity index (χ0) is 13.9. The number of hydrogen-bond acceptors (Lipinski definition) is 3. The van der Waals surface area contributed by atoms with E-state index in [0.717, 1.165) is 23.9 Å². The molecule has 0 bridgehead atoms. The molecule has 1 aromatic carbocycles. The van der Waals surface area contributed by atoms with Crippen LogP contribution < -0.4 is 5.32 Å². The molecule has 1 saturated heterocycles. The van der Waals surface area contributed by atoms with E-state index in [1.54, 1.807) is 22.5 Å². The molecule has 0 saturated carbocycles. The Kier molecular flexibility index (Phi) is 6.94. The molecule has 0 aliphatic carbocycles. The quantitative estimate of drug-likeness (QED) is 0.869. The van der Waals surface area contributed by atoms with E-state index in [0.29, 0.717) is 23.9 Å². The first kappa shape index (κ1) is 17.9. The van der Waals surface area contributed by atoms with Crippen molar-refractivity contribution in [3.63, 3.8) is 0 Å². The molecule has 2 rings (SSSR count). The van der Waals surface area contributed by atoms with E-state index in [4.69, 9.17) is 0 Å². The van der Waals surface area contributed by atoms with E-state index in [2.05, 4.69) is 21.2 Å². The van der Waals surface area contributed by atoms with Gasteiger partial charge in [-0.05, 0) is 50.6 Å². The maximum Gasteiger partial charge on any atom is 0.243 e. The molecule has 1 fully saturated rings. The van der Waals surface area contributed by atoms with Gasteiger partial charge in [-0.25, -0.2) is 8.42 Å². The highest BCUT2D eigenvalue weighted by Gasteiger charge is 2.29. The number of benzene rings is 1. The summed E-state index contributed by atoms with van der Waals surface area (Å²) in [5.41, 5.74) is 0. The van der Waals surface area contributed by atoms with Crippen LogP contribution in [0.1, 0.15) is 12.8 Å². The van der Waals surface area contributed by atoms with Gasteiger partial charge >= 0.3 is 0 Å². The van der Waals surface area contributed by atoms with Crippen LogP contribution in [0.2, 0.25) is 0 Å². The van der Waals surface area contributed by atoms with E-state index in [-0.39, 0.29) is 12.4 Å². The van der Waals surface area contributed by atoms with Gasteiger partial charge in [0.25, 0.3) is 0 Å². The molecular weight excluding hydrogens is 364 g/mol. The summed E-state index contributed by atoms with van der Waals surface area (Å²) < 4.78 is 27.4. The van der Waals surface area contributed by atoms with Crippen molar-refractivity contribution < 1.29 is 8.42 Å². The van der Waals surface area contributed by atoms with E-state index >= 15 is 0 Å². The molecule has 0 radical (unpaired) electrons. The van der Waals surface area contributed by atoms with Crippen molar-refractivity contribution in [3.05, 3.63) is 28.7 Å². The molecule has 1 aliphatic heterocycles. The monoisotopic (exact) mass is 382 g/mol. The predicted octanol–water partition coefficient (Wildman–Crippen LogP) is 2.49. The van der Waals surface area contributed by atoms with E-state index in [9.17, 15) is 8.42 Å². The minimum atomic E-state index is -3.34. The van der Waals surface area contributed by atoms with Crippen molar-refractivity contribution in [1.82, 2.24) is 9.62 Å². The number of halogens is 2. The minimum absolute atomic E-state index is 0. The van der Waals surface area contributed by atoms with Crippen molar-refractivity contribution in [2.75, 3.05) is 26.7 Å². The predicted molar refractivity (Wildman–Crippen MR) is 86.8 cm³/mol. The van der Waals surface area contributed by atoms with Gasteiger partial charge in [-0.1, -0.05) is 22.0 Å². The lowest BCUT2D eigenvalue weighted by molar-refractivity contribution is 0.270. The van der Waals surface area contributed by atoms with E-state index in [1.165, 1.54) is 0 Å². The summed E-state index contributed by atoms with van der Waals surface area (Å²) >= 11 is 3.32. The van der Waals surface area contributed by atoms with E-state index in [1.807, 2.05) is 13.1 Å². The number of nitrogens with zero attached hydrogens (tertiary/aromatic N) is 1. The molecule has 1 heterocycles. The third kappa shape index (κ3) is 4.18. The van der Waals surface area contributed by atoms with Crippen LogP contribution >= 0.6 is 28.3 Å². The van der Waals surface area contributed by atoms with Gasteiger partial charge in [-0.15, -0.1) is 12.4 Å². The van der Waals surface area contributed by atoms with Gasteiger partial charge in [0.2, 0.25) is 10.0 Å². The number of nitrogens with one attached hydrogen (secondary N) is 1. The topological polar surface area (TPSA) is 49.4 Å². The fourth-order valence-electron chi connectivity index (χ4n) is 2.42. The average molecular weight is 384 g/mol. The maximum atomic E-state index is 12.5. The number of sulfonamides is 1. The smallest absolute Gasteiger partial charge is 0.243 e. The third-order valence-corrected chi connectivity index (χ3v) is 5.89. The van der Waals surface area contributed by atoms with Crippen molar-refractivity contribution >= 4 is 38.4 Å². The largest absolute Gasteiger partial charge is 0.319 e. The van der Waals surface area contributed by atoms with Crippen molar-refractivity contribution in [2.45, 2.75) is 17.7 Å². The van der Waals surface area contributed by atoms with Gasteiger partial charge in [0.05, 0.1) is 4.90 Å². The van der Waals surface area contributed by atoms with Crippen LogP contribution in [-0.2, 0) is 10.0 Å². The molecule has 1 aromatic rings. The number of hydrogen-bond donors (Lipinski definition) is 1. The summed E-state index contributed by atoms with van der Waals surface area (Å²) in [6.07, 6.45) is 1.85. The van der Waals surface area contributed by atoms with Crippen LogP contribution in [0.15, 0.2) is 33.6 Å². The lowest BCUT2D eigenvalue weighted by Crippen LogP contribution is -2.40. The lowest BCUT2D eigenvalue weighted by atomic mass is 9.98. The maximum absolute atomic E-state index is 12.5. The second kappa shape index (κ2) is 7.75. The van der Waals surface area contributed by atoms with Gasteiger partial charge in [0, 0.05) is 17.6 Å². The Bertz CT molecular complexity index is 531. The summed E-state index contributed by atoms with van der Waals surface area (Å²) in [7, 11) is -1.40. The molecule has 4 nitrogen and oxygen atoms in total. The highest BCUT2D eigenvalue weighted by Crippen LogP contribution is 2.25. The molecule has 1 aliphatic rings. The molecule has 20 heavy (non-hydrogen) atoms. The SMILES string of the molecule is CNCC1CCN(S(=O)(=O)c2cccc(Br)c2)CC1.Cl. The molecule has 0 atom stereocenters. The summed E-state index contributed by atoms with van der Waals surface area (Å²) in [5.74, 6) is 0.582. The van der Waals surface area contributed by atoms with Gasteiger partial charge in [0.1, 0.15) is 0 Å². The number of rotatable bonds is 4. The summed E-state index contributed by atoms with van der Waals surface area (Å²) in [5, 5.41) is 3.16. The highest BCUT2D eigenvalue weighted by atomic mass is 79.9. The molecule has 0 spiro atoms. The number of piperidine rings is 1. The Labute approximate surface area is 135 Å². The van der Waals surface area contributed by atoms with Crippen LogP contribution in [0.3, 0.4) is 0 Å². The van der Waals surface area contributed by atoms with Gasteiger partial charge in [-0.3, -0.25) is 0 Å². The van der Waals surface area contributed by atoms with Crippen molar-refractivity contribution in [3.8, 4) is 0 Å². The Morgan fingerprint density at radius 1 is 1.35 bits per heavy atom. The lowest BCUT2D eigenvalue weighted by Gasteiger charge is -2.31. The molecular formula is C13H20BrClN2O2S. The van der Waals surface area contributed by atoms with Crippen LogP contribution in [-0.4, -0.2) is 39.4 Å². The summed E-state index contributed by atoms with van der Waals surface area (Å²) in [4.78, 5) is 0.369. The van der Waals surface area contributed by atoms with Crippen molar-refractivity contribution in [1.29, 1.82) is 0 Å². The molecule has 7 heteroatoms. The van der Waals surface area contributed by atoms with Gasteiger partial charge < -0.3 is 5.32 Å². The average Bonchev–Trinajstić information content (AvgIpc) is 2.40. The second-order valence-corrected chi connectivity index (χ2v) is 7.72. The summed E-state index contributed by atoms with van der Waals surface area (Å²) in [6.45, 7) is 2.19. The fraction of sp³-hybridized carbons (Fsp3) is 0.538. The second-order valence-electron chi connectivity index (χ2n) is 4.86. The van der Waals surface area contributed by atoms with Crippen LogP contribution in [0, 0.1) is 5.92 Å². The van der Waals surface area contributed by atoms with Crippen LogP contribution in [0.4, 0.5) is 0 Å². The third-order valence-electron chi connectivity index (χ3n) is 3.50. The molecule has 114 valence electrons. The van der Waals surface area contributed by atoms with Crippen molar-refractivity contribution in [2.24, 2.45) is 5.92 Å². The molecule has 1 N–H and O–H groups in total. The highest BCUT2D eigenvalue weighted by molar-refractivity contribution is 9.10. The van der Waals surface area contributed by atoms with Crippen LogP contribution in [0.25, 0.3) is 0 Å². The zero-order valence-electron chi connectivity index (χ0n) is 11.4. The minimum Gasteiger partial charge on any atom is -0.319 e. The standard InChI is InChI=1S/C13H19BrN2O2S.ClH/c1-15-10-11-5-7-16(8-6-11)19(17,18)13-4-2-3-12(14)9-13;/h2-4,9,11,15H,5-8,10H2,1H3;1H. The first-order valence-corrected chi connectivity index (χ1v) is 8.67. The molecule has 0 unspecified atom stereocenters. The molecule has 0 aromatic heterocycles. The van der Waals surface area contributed by atoms with Gasteiger partial charge in [-0.2, -0.15) is 4.31 Å². The van der Waals surface area contributed by atoms with Crippen LogP contribution in [0.5, 0.6) is 0 Å². The normalized spacial score (nSPS) is 17.7. The zero-order valence-corrected chi connectivity index (χ0v) is 14.6. The first-order chi connectivity index (χ1) is 9.04. The molecule has 0 amide bonds. The van der Waals surface area contributed by atoms with E-state index < -0.39 is 10.0 Å². The fourth-order valence-corrected chi connectivity index (χ4v) is 4.49. The Morgan fingerprint density at radius 3 is 2.55 bits per heavy atom. The Balaban J connectivity index is 0.00000200. The Morgan fingerprint density at radius 2 is 2.00 bits per heavy atom. The van der Waals surface area contributed by atoms with Gasteiger partial charge in [0.15, 0.2) is 0 Å². The summed E-state index contributed by atoms with van der Waals surface area (Å²) in [6, 6.07) is 6.90.